The molecule has 0 nitrogen and oxygen atoms in total. The van der Waals surface area contributed by atoms with Crippen LogP contribution in [0.2, 0.25) is 0 Å². The van der Waals surface area contributed by atoms with Gasteiger partial charge in [-0.3, -0.25) is 0 Å². The summed E-state index contributed by atoms with van der Waals surface area (Å²) in [4.78, 5) is 0. The van der Waals surface area contributed by atoms with Crippen LogP contribution in [0.3, 0.4) is 0 Å². The van der Waals surface area contributed by atoms with Gasteiger partial charge in [0.1, 0.15) is 0 Å². The van der Waals surface area contributed by atoms with E-state index in [1.54, 1.807) is 41.5 Å². The maximum absolute atomic E-state index is 2.96. The van der Waals surface area contributed by atoms with Crippen LogP contribution in [0.4, 0.5) is 0 Å². The minimum absolute atomic E-state index is 0. The van der Waals surface area contributed by atoms with E-state index in [0.717, 1.165) is 29.6 Å². The molecule has 0 radical (unpaired) electrons. The quantitative estimate of drug-likeness (QED) is 0.306. The second-order valence-electron chi connectivity index (χ2n) is 21.0. The summed E-state index contributed by atoms with van der Waals surface area (Å²) in [6, 6.07) is 10.7. The third kappa shape index (κ3) is 5.71. The van der Waals surface area contributed by atoms with E-state index in [1.807, 2.05) is 16.7 Å². The Morgan fingerprint density at radius 1 is 0.686 bits per heavy atom. The molecule has 8 aliphatic carbocycles. The van der Waals surface area contributed by atoms with Crippen LogP contribution >= 0.6 is 0 Å². The van der Waals surface area contributed by atoms with Crippen LogP contribution in [0, 0.1) is 60.2 Å². The van der Waals surface area contributed by atoms with Gasteiger partial charge in [-0.15, -0.1) is 0 Å². The van der Waals surface area contributed by atoms with Crippen molar-refractivity contribution in [3.63, 3.8) is 0 Å². The molecule has 3 atom stereocenters. The number of hydrogen-bond donors (Lipinski definition) is 0. The number of benzene rings is 2. The van der Waals surface area contributed by atoms with Crippen LogP contribution in [0.25, 0.3) is 11.1 Å². The summed E-state index contributed by atoms with van der Waals surface area (Å²) in [6.07, 6.45) is 19.1. The third-order valence-electron chi connectivity index (χ3n) is 15.8. The zero-order valence-corrected chi connectivity index (χ0v) is 37.4. The molecule has 0 spiro atoms. The summed E-state index contributed by atoms with van der Waals surface area (Å²) < 4.78 is 0. The number of allylic oxidation sites excluding steroid dienone is 4. The molecule has 5 fully saturated rings. The van der Waals surface area contributed by atoms with Gasteiger partial charge in [0.2, 0.25) is 0 Å². The molecule has 274 valence electrons. The smallest absolute Gasteiger partial charge is 1.00 e. The summed E-state index contributed by atoms with van der Waals surface area (Å²) in [5.74, 6) is 5.62. The Hall–Kier alpha value is -0.617. The van der Waals surface area contributed by atoms with E-state index in [-0.39, 0.29) is 67.3 Å². The van der Waals surface area contributed by atoms with E-state index in [4.69, 9.17) is 0 Å². The van der Waals surface area contributed by atoms with Gasteiger partial charge < -0.3 is 24.8 Å². The first-order valence-corrected chi connectivity index (χ1v) is 20.4. The minimum atomic E-state index is 0. The second kappa shape index (κ2) is 13.3. The molecular weight excluding hydrogens is 739 g/mol. The van der Waals surface area contributed by atoms with Gasteiger partial charge in [-0.05, 0) is 173 Å². The van der Waals surface area contributed by atoms with E-state index in [0.29, 0.717) is 17.3 Å². The summed E-state index contributed by atoms with van der Waals surface area (Å²) in [6.45, 7) is 24.6. The van der Waals surface area contributed by atoms with E-state index in [1.165, 1.54) is 73.6 Å². The van der Waals surface area contributed by atoms with Crippen molar-refractivity contribution in [2.75, 3.05) is 0 Å². The monoisotopic (exact) mass is 800 g/mol. The molecule has 8 aliphatic rings. The van der Waals surface area contributed by atoms with Crippen LogP contribution in [0.1, 0.15) is 165 Å². The summed E-state index contributed by atoms with van der Waals surface area (Å²) in [7, 11) is 0. The number of rotatable bonds is 3. The Bertz CT molecular complexity index is 1670. The van der Waals surface area contributed by atoms with Gasteiger partial charge >= 0.3 is 26.2 Å². The van der Waals surface area contributed by atoms with Crippen LogP contribution in [0.5, 0.6) is 0 Å². The topological polar surface area (TPSA) is 0 Å². The van der Waals surface area contributed by atoms with Crippen molar-refractivity contribution in [3.05, 3.63) is 80.4 Å². The van der Waals surface area contributed by atoms with Crippen molar-refractivity contribution in [1.29, 1.82) is 0 Å². The normalized spacial score (nSPS) is 33.2. The van der Waals surface area contributed by atoms with Gasteiger partial charge in [0.15, 0.2) is 0 Å². The Balaban J connectivity index is 0.00000149. The first-order valence-electron chi connectivity index (χ1n) is 20.4. The maximum Gasteiger partial charge on any atom is 2.00 e. The van der Waals surface area contributed by atoms with Crippen molar-refractivity contribution in [2.24, 2.45) is 46.3 Å². The van der Waals surface area contributed by atoms with Gasteiger partial charge in [-0.2, -0.15) is 0 Å². The van der Waals surface area contributed by atoms with Crippen LogP contribution < -0.4 is 24.8 Å². The molecule has 3 unspecified atom stereocenters. The SMILES string of the molecule is Cc1cc2c(cc1C(C)(C)C)-c1cc(C(C)(C)C)c(C)cc1C2C1(C(C)C)C2=C(CC(C34CC5CC(CC(C5)C3)C4)=C2)C2CCCCC21.[Cl-].[Cl-].[Zr+2]. The number of halogens is 2. The molecule has 3 heteroatoms. The molecule has 0 N–H and O–H groups in total. The molecular formula is C48H64Cl2Zr. The average Bonchev–Trinajstić information content (AvgIpc) is 3.63. The van der Waals surface area contributed by atoms with Gasteiger partial charge in [0, 0.05) is 11.3 Å². The maximum atomic E-state index is 2.96. The van der Waals surface area contributed by atoms with Crippen molar-refractivity contribution in [3.8, 4) is 11.1 Å². The Morgan fingerprint density at radius 3 is 1.61 bits per heavy atom. The largest absolute Gasteiger partial charge is 2.00 e. The van der Waals surface area contributed by atoms with Gasteiger partial charge in [0.05, 0.1) is 0 Å². The standard InChI is InChI=1S/C48H64.2ClH.Zr/c1-27(2)48(44-38-15-28(3)41(45(5,6)7)22-35(38)36-23-42(46(8,9)10)29(4)16-39(36)44)40-14-12-11-13-34(40)37-20-33(21-43(37)48)47-24-30-17-31(25-47)19-32(18-30)26-47;;;/h15-16,21-23,27,30-32,34,40,44H,11-14,17-20,24-26H2,1-10H3;2*1H;/q;;;+2/p-2. The first-order chi connectivity index (χ1) is 22.6. The molecule has 0 heterocycles. The van der Waals surface area contributed by atoms with E-state index < -0.39 is 0 Å². The Morgan fingerprint density at radius 2 is 1.16 bits per heavy atom. The van der Waals surface area contributed by atoms with Crippen molar-refractivity contribution < 1.29 is 51.0 Å². The van der Waals surface area contributed by atoms with Gasteiger partial charge in [0.25, 0.3) is 0 Å². The predicted octanol–water partition coefficient (Wildman–Crippen LogP) is 7.32. The summed E-state index contributed by atoms with van der Waals surface area (Å²) >= 11 is 0. The Kier molecular flexibility index (Phi) is 10.4. The van der Waals surface area contributed by atoms with Crippen molar-refractivity contribution in [2.45, 2.75) is 157 Å². The number of fused-ring (bicyclic) bond motifs is 5. The zero-order chi connectivity index (χ0) is 33.7. The number of hydrogen-bond acceptors (Lipinski definition) is 0. The molecule has 4 bridgehead atoms. The van der Waals surface area contributed by atoms with Crippen LogP contribution in [-0.4, -0.2) is 0 Å². The van der Waals surface area contributed by atoms with Crippen molar-refractivity contribution in [1.82, 2.24) is 0 Å². The average molecular weight is 803 g/mol. The fourth-order valence-corrected chi connectivity index (χ4v) is 14.7. The molecule has 2 aromatic carbocycles. The molecule has 0 aliphatic heterocycles. The number of aryl methyl sites for hydroxylation is 2. The molecule has 0 amide bonds. The third-order valence-corrected chi connectivity index (χ3v) is 15.8. The zero-order valence-electron chi connectivity index (χ0n) is 33.5. The Labute approximate surface area is 343 Å². The van der Waals surface area contributed by atoms with Crippen molar-refractivity contribution >= 4 is 0 Å². The molecule has 0 saturated heterocycles. The van der Waals surface area contributed by atoms with E-state index in [9.17, 15) is 0 Å². The minimum Gasteiger partial charge on any atom is -1.00 e. The fourth-order valence-electron chi connectivity index (χ4n) is 14.7. The van der Waals surface area contributed by atoms with Crippen LogP contribution in [-0.2, 0) is 37.0 Å². The van der Waals surface area contributed by atoms with E-state index in [2.05, 4.69) is 99.6 Å². The van der Waals surface area contributed by atoms with Gasteiger partial charge in [-0.25, -0.2) is 0 Å². The summed E-state index contributed by atoms with van der Waals surface area (Å²) in [5, 5.41) is 0. The fraction of sp³-hybridized carbons (Fsp3) is 0.667. The predicted molar refractivity (Wildman–Crippen MR) is 204 cm³/mol. The molecule has 0 aromatic heterocycles. The molecule has 51 heavy (non-hydrogen) atoms. The van der Waals surface area contributed by atoms with Gasteiger partial charge in [-0.1, -0.05) is 110 Å². The first kappa shape index (κ1) is 40.1. The molecule has 10 rings (SSSR count). The van der Waals surface area contributed by atoms with E-state index >= 15 is 0 Å². The summed E-state index contributed by atoms with van der Waals surface area (Å²) in [5.41, 5.74) is 19.1. The van der Waals surface area contributed by atoms with Crippen LogP contribution in [0.15, 0.2) is 47.1 Å². The second-order valence-corrected chi connectivity index (χ2v) is 21.0. The molecule has 2 aromatic rings. The molecule has 5 saturated carbocycles.